The molecule has 0 unspecified atom stereocenters. The lowest BCUT2D eigenvalue weighted by Gasteiger charge is -2.07. The van der Waals surface area contributed by atoms with Gasteiger partial charge in [-0.1, -0.05) is 11.6 Å². The first-order valence-electron chi connectivity index (χ1n) is 5.99. The van der Waals surface area contributed by atoms with Crippen LogP contribution in [0.15, 0.2) is 23.1 Å². The summed E-state index contributed by atoms with van der Waals surface area (Å²) in [4.78, 5) is 0.239. The van der Waals surface area contributed by atoms with E-state index in [1.165, 1.54) is 10.7 Å². The quantitative estimate of drug-likeness (QED) is 0.882. The second-order valence-corrected chi connectivity index (χ2v) is 7.10. The maximum atomic E-state index is 12.4. The van der Waals surface area contributed by atoms with E-state index in [1.54, 1.807) is 33.0 Å². The van der Waals surface area contributed by atoms with Gasteiger partial charge in [-0.2, -0.15) is 5.10 Å². The van der Waals surface area contributed by atoms with Gasteiger partial charge in [-0.25, -0.2) is 8.42 Å². The number of aromatic nitrogens is 2. The van der Waals surface area contributed by atoms with Gasteiger partial charge in [0.1, 0.15) is 5.15 Å². The largest absolute Gasteiger partial charge is 0.399 e. The second kappa shape index (κ2) is 5.10. The number of nitrogens with two attached hydrogens (primary N) is 1. The molecule has 2 N–H and O–H groups in total. The number of hydrogen-bond acceptors (Lipinski definition) is 4. The number of halogens is 1. The van der Waals surface area contributed by atoms with E-state index in [-0.39, 0.29) is 10.6 Å². The standard InChI is InChI=1S/C13H16ClN3O2S/c1-8-6-10(4-5-12(8)15)20(18,19)7-11-9(2)16-17(3)13(11)14/h4-6H,7,15H2,1-3H3. The number of benzene rings is 1. The smallest absolute Gasteiger partial charge is 0.182 e. The van der Waals surface area contributed by atoms with Crippen LogP contribution in [0.4, 0.5) is 5.69 Å². The molecule has 1 heterocycles. The molecule has 0 spiro atoms. The van der Waals surface area contributed by atoms with Crippen LogP contribution in [0.25, 0.3) is 0 Å². The Labute approximate surface area is 123 Å². The molecule has 0 bridgehead atoms. The fraction of sp³-hybridized carbons (Fsp3) is 0.308. The molecule has 0 radical (unpaired) electrons. The molecule has 0 aliphatic rings. The van der Waals surface area contributed by atoms with Gasteiger partial charge in [0, 0.05) is 18.3 Å². The molecule has 108 valence electrons. The Morgan fingerprint density at radius 2 is 2.00 bits per heavy atom. The Balaban J connectivity index is 2.43. The predicted octanol–water partition coefficient (Wildman–Crippen LogP) is 2.25. The maximum absolute atomic E-state index is 12.4. The Kier molecular flexibility index (Phi) is 3.80. The monoisotopic (exact) mass is 313 g/mol. The number of sulfone groups is 1. The van der Waals surface area contributed by atoms with Gasteiger partial charge in [0.2, 0.25) is 0 Å². The Morgan fingerprint density at radius 1 is 1.35 bits per heavy atom. The fourth-order valence-corrected chi connectivity index (χ4v) is 3.80. The summed E-state index contributed by atoms with van der Waals surface area (Å²) in [5, 5.41) is 4.47. The highest BCUT2D eigenvalue weighted by Crippen LogP contribution is 2.26. The lowest BCUT2D eigenvalue weighted by molar-refractivity contribution is 0.595. The summed E-state index contributed by atoms with van der Waals surface area (Å²) in [7, 11) is -1.80. The average Bonchev–Trinajstić information content (AvgIpc) is 2.59. The zero-order valence-corrected chi connectivity index (χ0v) is 13.1. The molecular formula is C13H16ClN3O2S. The van der Waals surface area contributed by atoms with Crippen molar-refractivity contribution in [3.63, 3.8) is 0 Å². The SMILES string of the molecule is Cc1cc(S(=O)(=O)Cc2c(C)nn(C)c2Cl)ccc1N. The molecule has 0 saturated heterocycles. The molecule has 0 atom stereocenters. The van der Waals surface area contributed by atoms with E-state index < -0.39 is 9.84 Å². The van der Waals surface area contributed by atoms with E-state index in [4.69, 9.17) is 17.3 Å². The molecule has 20 heavy (non-hydrogen) atoms. The highest BCUT2D eigenvalue weighted by Gasteiger charge is 2.21. The van der Waals surface area contributed by atoms with Crippen LogP contribution in [0.2, 0.25) is 5.15 Å². The summed E-state index contributed by atoms with van der Waals surface area (Å²) in [6.07, 6.45) is 0. The van der Waals surface area contributed by atoms with Crippen molar-refractivity contribution in [2.45, 2.75) is 24.5 Å². The van der Waals surface area contributed by atoms with E-state index in [0.29, 0.717) is 22.1 Å². The topological polar surface area (TPSA) is 78.0 Å². The van der Waals surface area contributed by atoms with E-state index in [2.05, 4.69) is 5.10 Å². The van der Waals surface area contributed by atoms with Crippen molar-refractivity contribution < 1.29 is 8.42 Å². The fourth-order valence-electron chi connectivity index (χ4n) is 1.95. The lowest BCUT2D eigenvalue weighted by Crippen LogP contribution is -2.07. The molecule has 0 aliphatic carbocycles. The van der Waals surface area contributed by atoms with Crippen LogP contribution in [0.5, 0.6) is 0 Å². The van der Waals surface area contributed by atoms with Gasteiger partial charge in [0.05, 0.1) is 16.3 Å². The van der Waals surface area contributed by atoms with Crippen LogP contribution >= 0.6 is 11.6 Å². The van der Waals surface area contributed by atoms with Crippen LogP contribution in [0.3, 0.4) is 0 Å². The van der Waals surface area contributed by atoms with Crippen molar-refractivity contribution in [1.29, 1.82) is 0 Å². The van der Waals surface area contributed by atoms with Crippen LogP contribution in [0, 0.1) is 13.8 Å². The molecule has 7 heteroatoms. The minimum absolute atomic E-state index is 0.172. The molecule has 2 aromatic rings. The molecule has 1 aromatic heterocycles. The molecule has 2 rings (SSSR count). The average molecular weight is 314 g/mol. The third kappa shape index (κ3) is 2.66. The summed E-state index contributed by atoms with van der Waals surface area (Å²) >= 11 is 6.08. The minimum Gasteiger partial charge on any atom is -0.399 e. The zero-order valence-electron chi connectivity index (χ0n) is 11.5. The summed E-state index contributed by atoms with van der Waals surface area (Å²) in [6, 6.07) is 4.68. The van der Waals surface area contributed by atoms with Crippen LogP contribution in [-0.2, 0) is 22.6 Å². The Bertz CT molecular complexity index is 766. The number of hydrogen-bond donors (Lipinski definition) is 1. The van der Waals surface area contributed by atoms with Crippen LogP contribution in [0.1, 0.15) is 16.8 Å². The third-order valence-electron chi connectivity index (χ3n) is 3.20. The summed E-state index contributed by atoms with van der Waals surface area (Å²) < 4.78 is 26.4. The second-order valence-electron chi connectivity index (χ2n) is 4.76. The van der Waals surface area contributed by atoms with Gasteiger partial charge in [-0.3, -0.25) is 4.68 Å². The maximum Gasteiger partial charge on any atom is 0.182 e. The van der Waals surface area contributed by atoms with Gasteiger partial charge >= 0.3 is 0 Å². The number of rotatable bonds is 3. The van der Waals surface area contributed by atoms with E-state index in [9.17, 15) is 8.42 Å². The van der Waals surface area contributed by atoms with E-state index >= 15 is 0 Å². The Hall–Kier alpha value is -1.53. The molecule has 0 aliphatic heterocycles. The molecule has 0 saturated carbocycles. The molecule has 0 amide bonds. The lowest BCUT2D eigenvalue weighted by atomic mass is 10.2. The van der Waals surface area contributed by atoms with Gasteiger partial charge in [-0.15, -0.1) is 0 Å². The first kappa shape index (κ1) is 14.9. The zero-order chi connectivity index (χ0) is 15.1. The van der Waals surface area contributed by atoms with Crippen molar-refractivity contribution >= 4 is 27.1 Å². The highest BCUT2D eigenvalue weighted by molar-refractivity contribution is 7.90. The number of anilines is 1. The number of nitrogens with zero attached hydrogens (tertiary/aromatic N) is 2. The predicted molar refractivity (Wildman–Crippen MR) is 79.4 cm³/mol. The Morgan fingerprint density at radius 3 is 2.50 bits per heavy atom. The van der Waals surface area contributed by atoms with Crippen molar-refractivity contribution in [3.8, 4) is 0 Å². The summed E-state index contributed by atoms with van der Waals surface area (Å²) in [5.74, 6) is -0.172. The number of aryl methyl sites for hydroxylation is 3. The van der Waals surface area contributed by atoms with E-state index in [0.717, 1.165) is 5.56 Å². The summed E-state index contributed by atoms with van der Waals surface area (Å²) in [5.41, 5.74) is 8.16. The summed E-state index contributed by atoms with van der Waals surface area (Å²) in [6.45, 7) is 3.52. The van der Waals surface area contributed by atoms with Crippen molar-refractivity contribution in [1.82, 2.24) is 9.78 Å². The van der Waals surface area contributed by atoms with Gasteiger partial charge in [0.25, 0.3) is 0 Å². The van der Waals surface area contributed by atoms with Crippen LogP contribution < -0.4 is 5.73 Å². The highest BCUT2D eigenvalue weighted by atomic mass is 35.5. The van der Waals surface area contributed by atoms with Gasteiger partial charge < -0.3 is 5.73 Å². The normalized spacial score (nSPS) is 11.8. The first-order chi connectivity index (χ1) is 9.22. The van der Waals surface area contributed by atoms with E-state index in [1.807, 2.05) is 0 Å². The van der Waals surface area contributed by atoms with Gasteiger partial charge in [0.15, 0.2) is 9.84 Å². The van der Waals surface area contributed by atoms with Crippen molar-refractivity contribution in [2.24, 2.45) is 7.05 Å². The molecular weight excluding hydrogens is 298 g/mol. The third-order valence-corrected chi connectivity index (χ3v) is 5.32. The molecule has 1 aromatic carbocycles. The van der Waals surface area contributed by atoms with Crippen LogP contribution in [-0.4, -0.2) is 18.2 Å². The number of nitrogen functional groups attached to an aromatic ring is 1. The van der Waals surface area contributed by atoms with Crippen molar-refractivity contribution in [2.75, 3.05) is 5.73 Å². The minimum atomic E-state index is -3.48. The van der Waals surface area contributed by atoms with Gasteiger partial charge in [-0.05, 0) is 37.6 Å². The molecule has 5 nitrogen and oxygen atoms in total. The van der Waals surface area contributed by atoms with Crippen molar-refractivity contribution in [3.05, 3.63) is 40.2 Å². The first-order valence-corrected chi connectivity index (χ1v) is 8.02. The molecule has 0 fully saturated rings.